The lowest BCUT2D eigenvalue weighted by Crippen LogP contribution is -2.39. The van der Waals surface area contributed by atoms with Crippen molar-refractivity contribution in [3.8, 4) is 0 Å². The standard InChI is InChI=1S/C34H50N4O8/c1-19-15-24-29(36-23-12-8-9-13-23)25(38-45-7)18-26(31(24)40)37-33(41)20(2)11-10-14-27(43-5)32(46-34(35)42)22(4)17-21(3)30(39)28(16-19)44-6/h10-11,14,17-19,21,23,27-28,30,32,36,39H,8-9,12-13,15-16H2,1-7H3,(H2,35,42)(H,37,41)/b14-10-,20-11+,22-17+,38-25+/t19-,21+,27+,28+,30-,32+/m1/s1. The van der Waals surface area contributed by atoms with Crippen molar-refractivity contribution in [1.82, 2.24) is 10.6 Å². The third-order valence-corrected chi connectivity index (χ3v) is 8.70. The minimum Gasteiger partial charge on any atom is -0.439 e. The molecule has 0 aromatic carbocycles. The molecular weight excluding hydrogens is 592 g/mol. The number of ether oxygens (including phenoxy) is 3. The van der Waals surface area contributed by atoms with Crippen molar-refractivity contribution in [2.75, 3.05) is 21.3 Å². The Morgan fingerprint density at radius 3 is 2.41 bits per heavy atom. The number of nitrogens with one attached hydrogen (secondary N) is 2. The zero-order valence-electron chi connectivity index (χ0n) is 28.0. The number of hydrogen-bond acceptors (Lipinski definition) is 10. The number of hydrogen-bond donors (Lipinski definition) is 4. The van der Waals surface area contributed by atoms with E-state index in [2.05, 4.69) is 15.8 Å². The van der Waals surface area contributed by atoms with Crippen LogP contribution in [0.1, 0.15) is 66.2 Å². The van der Waals surface area contributed by atoms with Gasteiger partial charge in [-0.1, -0.05) is 56.1 Å². The summed E-state index contributed by atoms with van der Waals surface area (Å²) in [5.41, 5.74) is 7.89. The Morgan fingerprint density at radius 2 is 1.80 bits per heavy atom. The minimum atomic E-state index is -0.981. The highest BCUT2D eigenvalue weighted by Gasteiger charge is 2.34. The van der Waals surface area contributed by atoms with Gasteiger partial charge in [0, 0.05) is 37.3 Å². The van der Waals surface area contributed by atoms with Crippen LogP contribution in [0.15, 0.2) is 63.6 Å². The summed E-state index contributed by atoms with van der Waals surface area (Å²) in [5.74, 6) is -1.32. The van der Waals surface area contributed by atoms with E-state index >= 15 is 0 Å². The van der Waals surface area contributed by atoms with E-state index < -0.39 is 42.3 Å². The number of allylic oxidation sites excluding steroid dienone is 4. The molecule has 3 rings (SSSR count). The van der Waals surface area contributed by atoms with Crippen LogP contribution >= 0.6 is 0 Å². The summed E-state index contributed by atoms with van der Waals surface area (Å²) >= 11 is 0. The Kier molecular flexibility index (Phi) is 13.8. The second-order valence-electron chi connectivity index (χ2n) is 12.4. The molecule has 0 spiro atoms. The third-order valence-electron chi connectivity index (χ3n) is 8.70. The lowest BCUT2D eigenvalue weighted by atomic mass is 9.84. The fraction of sp³-hybridized carbons (Fsp3) is 0.588. The topological polar surface area (TPSA) is 171 Å². The first-order chi connectivity index (χ1) is 21.9. The lowest BCUT2D eigenvalue weighted by molar-refractivity contribution is -0.119. The molecule has 2 bridgehead atoms. The molecule has 0 aromatic rings. The second-order valence-corrected chi connectivity index (χ2v) is 12.4. The number of aliphatic hydroxyl groups is 1. The van der Waals surface area contributed by atoms with Gasteiger partial charge in [0.25, 0.3) is 5.91 Å². The van der Waals surface area contributed by atoms with Crippen molar-refractivity contribution in [2.24, 2.45) is 22.7 Å². The lowest BCUT2D eigenvalue weighted by Gasteiger charge is -2.30. The van der Waals surface area contributed by atoms with Crippen LogP contribution in [0.25, 0.3) is 0 Å². The van der Waals surface area contributed by atoms with Crippen molar-refractivity contribution in [3.05, 3.63) is 58.5 Å². The van der Waals surface area contributed by atoms with Crippen LogP contribution in [0.2, 0.25) is 0 Å². The Hall–Kier alpha value is -3.74. The molecule has 6 atom stereocenters. The maximum atomic E-state index is 14.0. The number of aliphatic hydroxyl groups excluding tert-OH is 1. The maximum Gasteiger partial charge on any atom is 0.405 e. The number of primary amides is 1. The van der Waals surface area contributed by atoms with Crippen molar-refractivity contribution in [3.63, 3.8) is 0 Å². The average Bonchev–Trinajstić information content (AvgIpc) is 3.53. The number of nitrogens with two attached hydrogens (primary N) is 1. The van der Waals surface area contributed by atoms with Crippen LogP contribution in [-0.2, 0) is 28.6 Å². The second kappa shape index (κ2) is 17.3. The predicted octanol–water partition coefficient (Wildman–Crippen LogP) is 3.73. The number of carbonyl (C=O) groups is 3. The zero-order valence-corrected chi connectivity index (χ0v) is 28.0. The Labute approximate surface area is 271 Å². The molecule has 3 aliphatic rings. The third kappa shape index (κ3) is 9.63. The number of methoxy groups -OCH3 is 2. The van der Waals surface area contributed by atoms with Crippen LogP contribution in [-0.4, -0.2) is 80.4 Å². The summed E-state index contributed by atoms with van der Waals surface area (Å²) in [6.07, 6.45) is 8.91. The van der Waals surface area contributed by atoms with Crippen LogP contribution < -0.4 is 16.4 Å². The summed E-state index contributed by atoms with van der Waals surface area (Å²) < 4.78 is 16.8. The normalized spacial score (nSPS) is 33.0. The molecule has 1 aliphatic heterocycles. The highest BCUT2D eigenvalue weighted by atomic mass is 16.6. The number of oxime groups is 1. The molecule has 2 aliphatic carbocycles. The highest BCUT2D eigenvalue weighted by molar-refractivity contribution is 6.25. The van der Waals surface area contributed by atoms with Gasteiger partial charge in [0.1, 0.15) is 18.9 Å². The molecule has 0 aromatic heterocycles. The number of amides is 2. The van der Waals surface area contributed by atoms with E-state index in [0.29, 0.717) is 41.0 Å². The van der Waals surface area contributed by atoms with Crippen molar-refractivity contribution in [2.45, 2.75) is 96.7 Å². The number of ketones is 1. The molecule has 0 saturated heterocycles. The first-order valence-corrected chi connectivity index (χ1v) is 15.8. The van der Waals surface area contributed by atoms with Crippen molar-refractivity contribution in [1.29, 1.82) is 0 Å². The SMILES string of the molecule is CO/N=C1\C=C2NC(=O)/C(C)=C/C=C\[C@H](OC)[C@@H](OC(N)=O)/C(C)=C/[C@H](C)[C@@H](O)[C@@H](OC)C[C@H](C)CC(=C1NC1CCCC1)C2=O. The number of nitrogens with zero attached hydrogens (tertiary/aromatic N) is 1. The van der Waals surface area contributed by atoms with E-state index in [1.165, 1.54) is 27.4 Å². The van der Waals surface area contributed by atoms with Crippen LogP contribution in [0.3, 0.4) is 0 Å². The molecule has 2 amide bonds. The molecule has 1 heterocycles. The largest absolute Gasteiger partial charge is 0.439 e. The van der Waals surface area contributed by atoms with Gasteiger partial charge in [-0.05, 0) is 57.1 Å². The fourth-order valence-corrected chi connectivity index (χ4v) is 6.20. The molecule has 5 N–H and O–H groups in total. The molecule has 12 nitrogen and oxygen atoms in total. The maximum absolute atomic E-state index is 14.0. The number of Topliss-reactive ketones (excluding diaryl/α,β-unsaturated/α-hetero) is 1. The van der Waals surface area contributed by atoms with Gasteiger partial charge in [-0.25, -0.2) is 4.79 Å². The van der Waals surface area contributed by atoms with Gasteiger partial charge in [0.2, 0.25) is 5.78 Å². The molecule has 254 valence electrons. The van der Waals surface area contributed by atoms with E-state index in [1.807, 2.05) is 13.8 Å². The van der Waals surface area contributed by atoms with E-state index in [0.717, 1.165) is 25.7 Å². The van der Waals surface area contributed by atoms with Gasteiger partial charge in [0.05, 0.1) is 23.6 Å². The van der Waals surface area contributed by atoms with Crippen molar-refractivity contribution < 1.29 is 38.5 Å². The number of fused-ring (bicyclic) bond motifs is 2. The van der Waals surface area contributed by atoms with E-state index in [9.17, 15) is 19.5 Å². The van der Waals surface area contributed by atoms with Gasteiger partial charge >= 0.3 is 6.09 Å². The monoisotopic (exact) mass is 642 g/mol. The Balaban J connectivity index is 2.12. The molecule has 12 heteroatoms. The van der Waals surface area contributed by atoms with Crippen LogP contribution in [0.5, 0.6) is 0 Å². The Bertz CT molecular complexity index is 1310. The van der Waals surface area contributed by atoms with Gasteiger partial charge in [0.15, 0.2) is 6.10 Å². The summed E-state index contributed by atoms with van der Waals surface area (Å²) in [6.45, 7) is 7.21. The summed E-state index contributed by atoms with van der Waals surface area (Å²) in [4.78, 5) is 44.3. The van der Waals surface area contributed by atoms with Gasteiger partial charge < -0.3 is 40.5 Å². The number of rotatable bonds is 6. The van der Waals surface area contributed by atoms with Gasteiger partial charge in [-0.2, -0.15) is 0 Å². The molecule has 1 saturated carbocycles. The molecule has 0 unspecified atom stereocenters. The molecule has 1 fully saturated rings. The predicted molar refractivity (Wildman–Crippen MR) is 174 cm³/mol. The first-order valence-electron chi connectivity index (χ1n) is 15.8. The zero-order chi connectivity index (χ0) is 34.0. The Morgan fingerprint density at radius 1 is 1.11 bits per heavy atom. The summed E-state index contributed by atoms with van der Waals surface area (Å²) in [7, 11) is 4.43. The van der Waals surface area contributed by atoms with Crippen molar-refractivity contribution >= 4 is 23.5 Å². The summed E-state index contributed by atoms with van der Waals surface area (Å²) in [6, 6.07) is 0.189. The van der Waals surface area contributed by atoms with E-state index in [1.54, 1.807) is 38.2 Å². The van der Waals surface area contributed by atoms with E-state index in [4.69, 9.17) is 24.8 Å². The smallest absolute Gasteiger partial charge is 0.405 e. The minimum absolute atomic E-state index is 0.0797. The van der Waals surface area contributed by atoms with Gasteiger partial charge in [-0.3, -0.25) is 9.59 Å². The summed E-state index contributed by atoms with van der Waals surface area (Å²) in [5, 5.41) is 21.9. The first kappa shape index (κ1) is 36.7. The van der Waals surface area contributed by atoms with Gasteiger partial charge in [-0.15, -0.1) is 0 Å². The van der Waals surface area contributed by atoms with Crippen LogP contribution in [0, 0.1) is 11.8 Å². The molecular formula is C34H50N4O8. The molecule has 0 radical (unpaired) electrons. The van der Waals surface area contributed by atoms with E-state index in [-0.39, 0.29) is 23.4 Å². The van der Waals surface area contributed by atoms with Crippen LogP contribution in [0.4, 0.5) is 4.79 Å². The molecule has 46 heavy (non-hydrogen) atoms. The quantitative estimate of drug-likeness (QED) is 0.191. The fourth-order valence-electron chi connectivity index (χ4n) is 6.20. The average molecular weight is 643 g/mol. The highest BCUT2D eigenvalue weighted by Crippen LogP contribution is 2.30. The number of carbonyl (C=O) groups excluding carboxylic acids is 3.